The van der Waals surface area contributed by atoms with Gasteiger partial charge in [-0.25, -0.2) is 4.79 Å². The van der Waals surface area contributed by atoms with E-state index in [9.17, 15) is 4.79 Å². The van der Waals surface area contributed by atoms with Crippen LogP contribution in [0.5, 0.6) is 0 Å². The van der Waals surface area contributed by atoms with Crippen molar-refractivity contribution < 1.29 is 4.79 Å². The van der Waals surface area contributed by atoms with E-state index in [-0.39, 0.29) is 6.03 Å². The monoisotopic (exact) mass is 297 g/mol. The van der Waals surface area contributed by atoms with E-state index >= 15 is 0 Å². The third-order valence-corrected chi connectivity index (χ3v) is 3.30. The molecule has 0 saturated carbocycles. The molecule has 1 aliphatic heterocycles. The fourth-order valence-electron chi connectivity index (χ4n) is 1.86. The van der Waals surface area contributed by atoms with Crippen molar-refractivity contribution in [2.75, 3.05) is 18.4 Å². The number of urea groups is 1. The van der Waals surface area contributed by atoms with Crippen molar-refractivity contribution in [3.8, 4) is 0 Å². The molecular formula is C12H16BrN3O. The summed E-state index contributed by atoms with van der Waals surface area (Å²) in [5, 5.41) is 8.99. The summed E-state index contributed by atoms with van der Waals surface area (Å²) in [6, 6.07) is 7.78. The van der Waals surface area contributed by atoms with Crippen molar-refractivity contribution in [2.24, 2.45) is 0 Å². The van der Waals surface area contributed by atoms with E-state index in [1.54, 1.807) is 0 Å². The lowest BCUT2D eigenvalue weighted by Gasteiger charge is -2.12. The van der Waals surface area contributed by atoms with E-state index in [1.165, 1.54) is 6.42 Å². The van der Waals surface area contributed by atoms with Crippen LogP contribution in [0.3, 0.4) is 0 Å². The second kappa shape index (κ2) is 6.02. The van der Waals surface area contributed by atoms with Crippen LogP contribution in [-0.4, -0.2) is 25.2 Å². The van der Waals surface area contributed by atoms with Gasteiger partial charge in [-0.15, -0.1) is 0 Å². The number of rotatable bonds is 3. The van der Waals surface area contributed by atoms with E-state index < -0.39 is 0 Å². The fourth-order valence-corrected chi connectivity index (χ4v) is 2.12. The topological polar surface area (TPSA) is 53.2 Å². The molecule has 1 aromatic rings. The molecule has 1 aromatic carbocycles. The Morgan fingerprint density at radius 2 is 2.18 bits per heavy atom. The zero-order valence-corrected chi connectivity index (χ0v) is 11.1. The highest BCUT2D eigenvalue weighted by Gasteiger charge is 2.14. The van der Waals surface area contributed by atoms with Crippen molar-refractivity contribution in [3.05, 3.63) is 28.7 Å². The summed E-state index contributed by atoms with van der Waals surface area (Å²) in [7, 11) is 0. The molecule has 1 saturated heterocycles. The first-order valence-electron chi connectivity index (χ1n) is 5.78. The molecule has 3 N–H and O–H groups in total. The lowest BCUT2D eigenvalue weighted by molar-refractivity contribution is 0.251. The molecular weight excluding hydrogens is 282 g/mol. The number of hydrogen-bond donors (Lipinski definition) is 3. The highest BCUT2D eigenvalue weighted by molar-refractivity contribution is 9.10. The van der Waals surface area contributed by atoms with Crippen LogP contribution in [0, 0.1) is 0 Å². The van der Waals surface area contributed by atoms with Gasteiger partial charge in [-0.3, -0.25) is 0 Å². The lowest BCUT2D eigenvalue weighted by atomic mass is 10.2. The van der Waals surface area contributed by atoms with Gasteiger partial charge in [-0.05, 0) is 43.7 Å². The number of carbonyl (C=O) groups excluding carboxylic acids is 1. The van der Waals surface area contributed by atoms with Crippen LogP contribution in [0.1, 0.15) is 12.8 Å². The van der Waals surface area contributed by atoms with Crippen LogP contribution >= 0.6 is 15.9 Å². The number of hydrogen-bond acceptors (Lipinski definition) is 2. The Morgan fingerprint density at radius 1 is 1.41 bits per heavy atom. The maximum absolute atomic E-state index is 11.6. The van der Waals surface area contributed by atoms with Crippen molar-refractivity contribution in [1.82, 2.24) is 10.6 Å². The van der Waals surface area contributed by atoms with E-state index in [0.717, 1.165) is 23.1 Å². The second-order valence-corrected chi connectivity index (χ2v) is 5.05. The summed E-state index contributed by atoms with van der Waals surface area (Å²) < 4.78 is 0.999. The maximum Gasteiger partial charge on any atom is 0.319 e. The summed E-state index contributed by atoms with van der Waals surface area (Å²) in [6.45, 7) is 1.74. The summed E-state index contributed by atoms with van der Waals surface area (Å²) in [5.74, 6) is 0. The summed E-state index contributed by atoms with van der Waals surface area (Å²) in [5.41, 5.74) is 0.796. The zero-order chi connectivity index (χ0) is 12.1. The predicted molar refractivity (Wildman–Crippen MR) is 72.2 cm³/mol. The Labute approximate surface area is 109 Å². The van der Waals surface area contributed by atoms with Gasteiger partial charge in [0.2, 0.25) is 0 Å². The molecule has 1 heterocycles. The Bertz CT molecular complexity index is 374. The molecule has 0 bridgehead atoms. The number of benzene rings is 1. The molecule has 2 rings (SSSR count). The van der Waals surface area contributed by atoms with E-state index in [0.29, 0.717) is 12.6 Å². The van der Waals surface area contributed by atoms with Gasteiger partial charge in [-0.2, -0.15) is 0 Å². The van der Waals surface area contributed by atoms with Gasteiger partial charge in [-0.1, -0.05) is 15.9 Å². The van der Waals surface area contributed by atoms with Gasteiger partial charge < -0.3 is 16.0 Å². The quantitative estimate of drug-likeness (QED) is 0.802. The maximum atomic E-state index is 11.6. The Balaban J connectivity index is 1.74. The molecule has 0 spiro atoms. The minimum atomic E-state index is -0.152. The van der Waals surface area contributed by atoms with Crippen molar-refractivity contribution in [1.29, 1.82) is 0 Å². The predicted octanol–water partition coefficient (Wildman–Crippen LogP) is 2.32. The number of anilines is 1. The number of halogens is 1. The van der Waals surface area contributed by atoms with E-state index in [4.69, 9.17) is 0 Å². The Hall–Kier alpha value is -1.07. The molecule has 92 valence electrons. The molecule has 5 heteroatoms. The van der Waals surface area contributed by atoms with Crippen LogP contribution in [0.4, 0.5) is 10.5 Å². The average molecular weight is 298 g/mol. The van der Waals surface area contributed by atoms with Gasteiger partial charge in [0.25, 0.3) is 0 Å². The summed E-state index contributed by atoms with van der Waals surface area (Å²) in [6.07, 6.45) is 2.33. The van der Waals surface area contributed by atoms with Crippen LogP contribution < -0.4 is 16.0 Å². The molecule has 17 heavy (non-hydrogen) atoms. The van der Waals surface area contributed by atoms with Crippen LogP contribution in [-0.2, 0) is 0 Å². The van der Waals surface area contributed by atoms with Crippen LogP contribution in [0.25, 0.3) is 0 Å². The second-order valence-electron chi connectivity index (χ2n) is 4.14. The molecule has 0 aliphatic carbocycles. The van der Waals surface area contributed by atoms with Gasteiger partial charge in [0.05, 0.1) is 0 Å². The minimum Gasteiger partial charge on any atom is -0.336 e. The largest absolute Gasteiger partial charge is 0.336 e. The zero-order valence-electron chi connectivity index (χ0n) is 9.50. The minimum absolute atomic E-state index is 0.152. The van der Waals surface area contributed by atoms with Crippen molar-refractivity contribution in [2.45, 2.75) is 18.9 Å². The first-order valence-corrected chi connectivity index (χ1v) is 6.57. The molecule has 1 unspecified atom stereocenters. The summed E-state index contributed by atoms with van der Waals surface area (Å²) >= 11 is 3.35. The standard InChI is InChI=1S/C12H16BrN3O/c13-9-3-5-10(6-4-9)16-12(17)15-8-11-2-1-7-14-11/h3-6,11,14H,1-2,7-8H2,(H2,15,16,17). The third kappa shape index (κ3) is 4.02. The molecule has 1 aliphatic rings. The normalized spacial score (nSPS) is 19.0. The van der Waals surface area contributed by atoms with Gasteiger partial charge in [0.15, 0.2) is 0 Å². The van der Waals surface area contributed by atoms with Crippen LogP contribution in [0.15, 0.2) is 28.7 Å². The molecule has 1 fully saturated rings. The van der Waals surface area contributed by atoms with Crippen molar-refractivity contribution in [3.63, 3.8) is 0 Å². The SMILES string of the molecule is O=C(NCC1CCCN1)Nc1ccc(Br)cc1. The molecule has 0 radical (unpaired) electrons. The molecule has 1 atom stereocenters. The number of amides is 2. The smallest absolute Gasteiger partial charge is 0.319 e. The Kier molecular flexibility index (Phi) is 4.39. The average Bonchev–Trinajstić information content (AvgIpc) is 2.83. The highest BCUT2D eigenvalue weighted by Crippen LogP contribution is 2.13. The van der Waals surface area contributed by atoms with Crippen molar-refractivity contribution >= 4 is 27.6 Å². The first kappa shape index (κ1) is 12.4. The first-order chi connectivity index (χ1) is 8.24. The number of nitrogens with one attached hydrogen (secondary N) is 3. The Morgan fingerprint density at radius 3 is 2.82 bits per heavy atom. The van der Waals surface area contributed by atoms with Gasteiger partial charge in [0.1, 0.15) is 0 Å². The molecule has 2 amide bonds. The molecule has 4 nitrogen and oxygen atoms in total. The molecule has 0 aromatic heterocycles. The lowest BCUT2D eigenvalue weighted by Crippen LogP contribution is -2.39. The van der Waals surface area contributed by atoms with E-state index in [1.807, 2.05) is 24.3 Å². The third-order valence-electron chi connectivity index (χ3n) is 2.77. The fraction of sp³-hybridized carbons (Fsp3) is 0.417. The van der Waals surface area contributed by atoms with Gasteiger partial charge >= 0.3 is 6.03 Å². The summed E-state index contributed by atoms with van der Waals surface area (Å²) in [4.78, 5) is 11.6. The van der Waals surface area contributed by atoms with Gasteiger partial charge in [0, 0.05) is 22.7 Å². The van der Waals surface area contributed by atoms with Crippen LogP contribution in [0.2, 0.25) is 0 Å². The van der Waals surface area contributed by atoms with E-state index in [2.05, 4.69) is 31.9 Å². The highest BCUT2D eigenvalue weighted by atomic mass is 79.9. The number of carbonyl (C=O) groups is 1.